The van der Waals surface area contributed by atoms with Gasteiger partial charge in [0.05, 0.1) is 16.4 Å². The average molecular weight is 436 g/mol. The average Bonchev–Trinajstić information content (AvgIpc) is 2.78. The standard InChI is InChI=1S/C25H26ClN3O2/c1-17(2)25(31)29-14-12-28(13-15-29)23-21(26)8-5-9-22(23)27-24(30)20-11-10-18-6-3-4-7-19(18)16-20/h3-11,16-17H,12-15H2,1-2H3,(H,27,30). The Hall–Kier alpha value is -3.05. The first-order valence-corrected chi connectivity index (χ1v) is 10.9. The number of amides is 2. The molecule has 5 nitrogen and oxygen atoms in total. The highest BCUT2D eigenvalue weighted by atomic mass is 35.5. The van der Waals surface area contributed by atoms with Crippen LogP contribution < -0.4 is 10.2 Å². The van der Waals surface area contributed by atoms with E-state index in [-0.39, 0.29) is 17.7 Å². The number of hydrogen-bond donors (Lipinski definition) is 1. The van der Waals surface area contributed by atoms with Gasteiger partial charge in [-0.05, 0) is 35.0 Å². The number of halogens is 1. The maximum absolute atomic E-state index is 13.0. The Balaban J connectivity index is 1.54. The van der Waals surface area contributed by atoms with Gasteiger partial charge in [0.25, 0.3) is 5.91 Å². The van der Waals surface area contributed by atoms with Crippen LogP contribution in [0, 0.1) is 5.92 Å². The van der Waals surface area contributed by atoms with E-state index in [2.05, 4.69) is 10.2 Å². The molecule has 0 spiro atoms. The fourth-order valence-corrected chi connectivity index (χ4v) is 4.27. The lowest BCUT2D eigenvalue weighted by atomic mass is 10.1. The first kappa shape index (κ1) is 21.2. The Kier molecular flexibility index (Phi) is 6.14. The van der Waals surface area contributed by atoms with Crippen LogP contribution >= 0.6 is 11.6 Å². The van der Waals surface area contributed by atoms with Crippen molar-refractivity contribution in [3.63, 3.8) is 0 Å². The van der Waals surface area contributed by atoms with Crippen LogP contribution in [0.1, 0.15) is 24.2 Å². The van der Waals surface area contributed by atoms with Crippen LogP contribution in [0.25, 0.3) is 10.8 Å². The van der Waals surface area contributed by atoms with Crippen LogP contribution in [0.15, 0.2) is 60.7 Å². The molecule has 0 atom stereocenters. The maximum atomic E-state index is 13.0. The molecule has 0 saturated carbocycles. The normalized spacial score (nSPS) is 14.2. The lowest BCUT2D eigenvalue weighted by Crippen LogP contribution is -2.50. The molecule has 160 valence electrons. The van der Waals surface area contributed by atoms with Crippen molar-refractivity contribution < 1.29 is 9.59 Å². The van der Waals surface area contributed by atoms with Crippen molar-refractivity contribution in [2.24, 2.45) is 5.92 Å². The lowest BCUT2D eigenvalue weighted by Gasteiger charge is -2.38. The molecule has 1 saturated heterocycles. The summed E-state index contributed by atoms with van der Waals surface area (Å²) in [7, 11) is 0. The van der Waals surface area contributed by atoms with Gasteiger partial charge in [0.15, 0.2) is 0 Å². The van der Waals surface area contributed by atoms with Crippen LogP contribution in [0.2, 0.25) is 5.02 Å². The van der Waals surface area contributed by atoms with Gasteiger partial charge in [-0.15, -0.1) is 0 Å². The van der Waals surface area contributed by atoms with Crippen LogP contribution in [0.5, 0.6) is 0 Å². The summed E-state index contributed by atoms with van der Waals surface area (Å²) in [5.74, 6) is -0.0183. The minimum atomic E-state index is -0.178. The SMILES string of the molecule is CC(C)C(=O)N1CCN(c2c(Cl)cccc2NC(=O)c2ccc3ccccc3c2)CC1. The van der Waals surface area contributed by atoms with Gasteiger partial charge in [-0.1, -0.05) is 61.8 Å². The number of piperazine rings is 1. The van der Waals surface area contributed by atoms with Crippen molar-refractivity contribution in [3.05, 3.63) is 71.2 Å². The Morgan fingerprint density at radius 2 is 1.61 bits per heavy atom. The van der Waals surface area contributed by atoms with Gasteiger partial charge in [-0.25, -0.2) is 0 Å². The van der Waals surface area contributed by atoms with Crippen molar-refractivity contribution >= 4 is 45.6 Å². The molecule has 3 aromatic rings. The molecule has 4 rings (SSSR count). The van der Waals surface area contributed by atoms with Crippen molar-refractivity contribution in [3.8, 4) is 0 Å². The first-order valence-electron chi connectivity index (χ1n) is 10.6. The number of anilines is 2. The molecule has 0 aliphatic carbocycles. The summed E-state index contributed by atoms with van der Waals surface area (Å²) < 4.78 is 0. The molecule has 2 amide bonds. The second-order valence-electron chi connectivity index (χ2n) is 8.12. The summed E-state index contributed by atoms with van der Waals surface area (Å²) in [5, 5.41) is 5.73. The molecule has 0 aromatic heterocycles. The third-order valence-corrected chi connectivity index (χ3v) is 5.95. The summed E-state index contributed by atoms with van der Waals surface area (Å²) in [6, 6.07) is 19.2. The summed E-state index contributed by atoms with van der Waals surface area (Å²) in [4.78, 5) is 29.3. The molecule has 1 N–H and O–H groups in total. The lowest BCUT2D eigenvalue weighted by molar-refractivity contribution is -0.134. The van der Waals surface area contributed by atoms with Gasteiger partial charge in [0, 0.05) is 37.7 Å². The van der Waals surface area contributed by atoms with E-state index < -0.39 is 0 Å². The van der Waals surface area contributed by atoms with E-state index in [4.69, 9.17) is 11.6 Å². The molecule has 1 fully saturated rings. The minimum absolute atomic E-state index is 0.0105. The zero-order valence-electron chi connectivity index (χ0n) is 17.8. The molecule has 1 heterocycles. The summed E-state index contributed by atoms with van der Waals surface area (Å²) >= 11 is 6.55. The second-order valence-corrected chi connectivity index (χ2v) is 8.53. The molecule has 6 heteroatoms. The number of carbonyl (C=O) groups excluding carboxylic acids is 2. The van der Waals surface area contributed by atoms with E-state index >= 15 is 0 Å². The number of fused-ring (bicyclic) bond motifs is 1. The fraction of sp³-hybridized carbons (Fsp3) is 0.280. The van der Waals surface area contributed by atoms with Gasteiger partial charge in [0.1, 0.15) is 0 Å². The second kappa shape index (κ2) is 8.98. The molecule has 0 radical (unpaired) electrons. The molecular formula is C25H26ClN3O2. The number of hydrogen-bond acceptors (Lipinski definition) is 3. The monoisotopic (exact) mass is 435 g/mol. The molecular weight excluding hydrogens is 410 g/mol. The quantitative estimate of drug-likeness (QED) is 0.623. The summed E-state index contributed by atoms with van der Waals surface area (Å²) in [6.07, 6.45) is 0. The first-order chi connectivity index (χ1) is 14.9. The largest absolute Gasteiger partial charge is 0.365 e. The van der Waals surface area contributed by atoms with E-state index in [0.29, 0.717) is 42.5 Å². The number of benzene rings is 3. The van der Waals surface area contributed by atoms with Crippen LogP contribution in [-0.2, 0) is 4.79 Å². The zero-order valence-corrected chi connectivity index (χ0v) is 18.5. The smallest absolute Gasteiger partial charge is 0.255 e. The predicted molar refractivity (Wildman–Crippen MR) is 127 cm³/mol. The highest BCUT2D eigenvalue weighted by Crippen LogP contribution is 2.35. The highest BCUT2D eigenvalue weighted by Gasteiger charge is 2.25. The number of para-hydroxylation sites is 1. The topological polar surface area (TPSA) is 52.7 Å². The third kappa shape index (κ3) is 4.52. The van der Waals surface area contributed by atoms with Crippen molar-refractivity contribution in [2.75, 3.05) is 36.4 Å². The van der Waals surface area contributed by atoms with Crippen LogP contribution in [-0.4, -0.2) is 42.9 Å². The molecule has 1 aliphatic rings. The van der Waals surface area contributed by atoms with Gasteiger partial charge in [-0.3, -0.25) is 9.59 Å². The molecule has 0 bridgehead atoms. The molecule has 31 heavy (non-hydrogen) atoms. The minimum Gasteiger partial charge on any atom is -0.365 e. The number of nitrogens with zero attached hydrogens (tertiary/aromatic N) is 2. The highest BCUT2D eigenvalue weighted by molar-refractivity contribution is 6.34. The van der Waals surface area contributed by atoms with Crippen molar-refractivity contribution in [2.45, 2.75) is 13.8 Å². The van der Waals surface area contributed by atoms with Crippen molar-refractivity contribution in [1.29, 1.82) is 0 Å². The number of carbonyl (C=O) groups is 2. The Bertz CT molecular complexity index is 1120. The van der Waals surface area contributed by atoms with Gasteiger partial charge < -0.3 is 15.1 Å². The van der Waals surface area contributed by atoms with E-state index in [0.717, 1.165) is 16.5 Å². The molecule has 0 unspecified atom stereocenters. The Morgan fingerprint density at radius 3 is 2.32 bits per heavy atom. The molecule has 1 aliphatic heterocycles. The Morgan fingerprint density at radius 1 is 0.903 bits per heavy atom. The summed E-state index contributed by atoms with van der Waals surface area (Å²) in [5.41, 5.74) is 2.07. The van der Waals surface area contributed by atoms with Crippen molar-refractivity contribution in [1.82, 2.24) is 4.90 Å². The summed E-state index contributed by atoms with van der Waals surface area (Å²) in [6.45, 7) is 6.45. The Labute approximate surface area is 187 Å². The fourth-order valence-electron chi connectivity index (χ4n) is 3.98. The maximum Gasteiger partial charge on any atom is 0.255 e. The van der Waals surface area contributed by atoms with E-state index in [1.165, 1.54) is 0 Å². The molecule has 3 aromatic carbocycles. The van der Waals surface area contributed by atoms with Gasteiger partial charge >= 0.3 is 0 Å². The van der Waals surface area contributed by atoms with E-state index in [1.54, 1.807) is 0 Å². The third-order valence-electron chi connectivity index (χ3n) is 5.65. The number of rotatable bonds is 4. The van der Waals surface area contributed by atoms with E-state index in [1.807, 2.05) is 79.4 Å². The zero-order chi connectivity index (χ0) is 22.0. The number of nitrogens with one attached hydrogen (secondary N) is 1. The predicted octanol–water partition coefficient (Wildman–Crippen LogP) is 5.05. The van der Waals surface area contributed by atoms with Gasteiger partial charge in [0.2, 0.25) is 5.91 Å². The van der Waals surface area contributed by atoms with Crippen LogP contribution in [0.4, 0.5) is 11.4 Å². The van der Waals surface area contributed by atoms with Crippen LogP contribution in [0.3, 0.4) is 0 Å². The van der Waals surface area contributed by atoms with Gasteiger partial charge in [-0.2, -0.15) is 0 Å². The van der Waals surface area contributed by atoms with E-state index in [9.17, 15) is 9.59 Å².